The van der Waals surface area contributed by atoms with Crippen LogP contribution in [0.15, 0.2) is 6.20 Å². The summed E-state index contributed by atoms with van der Waals surface area (Å²) < 4.78 is 7.51. The van der Waals surface area contributed by atoms with Gasteiger partial charge in [0.1, 0.15) is 5.69 Å². The Kier molecular flexibility index (Phi) is 7.10. The number of nitrogens with one attached hydrogen (secondary N) is 1. The van der Waals surface area contributed by atoms with Gasteiger partial charge in [0.05, 0.1) is 18.8 Å². The molecule has 0 aliphatic carbocycles. The first-order valence-corrected chi connectivity index (χ1v) is 6.79. The first kappa shape index (κ1) is 15.6. The molecule has 0 radical (unpaired) electrons. The molecule has 6 nitrogen and oxygen atoms in total. The van der Waals surface area contributed by atoms with Crippen molar-refractivity contribution in [1.29, 1.82) is 0 Å². The monoisotopic (exact) mass is 268 g/mol. The van der Waals surface area contributed by atoms with Gasteiger partial charge in [-0.25, -0.2) is 0 Å². The van der Waals surface area contributed by atoms with Gasteiger partial charge >= 0.3 is 0 Å². The number of nitrogens with zero attached hydrogens (tertiary/aromatic N) is 3. The molecule has 0 aromatic carbocycles. The zero-order valence-electron chi connectivity index (χ0n) is 12.0. The van der Waals surface area contributed by atoms with E-state index in [4.69, 9.17) is 4.74 Å². The van der Waals surface area contributed by atoms with Crippen molar-refractivity contribution in [1.82, 2.24) is 20.3 Å². The van der Waals surface area contributed by atoms with Crippen LogP contribution in [0, 0.1) is 5.92 Å². The highest BCUT2D eigenvalue weighted by Gasteiger charge is 2.05. The highest BCUT2D eigenvalue weighted by atomic mass is 16.5. The first-order chi connectivity index (χ1) is 9.11. The molecule has 0 saturated carbocycles. The molecule has 1 aromatic rings. The van der Waals surface area contributed by atoms with Gasteiger partial charge in [0.2, 0.25) is 6.41 Å². The molecule has 0 bridgehead atoms. The molecule has 1 unspecified atom stereocenters. The van der Waals surface area contributed by atoms with Crippen molar-refractivity contribution >= 4 is 6.41 Å². The molecular formula is C13H24N4O2. The molecule has 0 aliphatic heterocycles. The van der Waals surface area contributed by atoms with E-state index in [1.165, 1.54) is 0 Å². The SMILES string of the molecule is CC(C)CCOC(C)CCn1cc(CNC=O)nn1. The predicted molar refractivity (Wildman–Crippen MR) is 72.4 cm³/mol. The molecule has 0 aliphatic rings. The average molecular weight is 268 g/mol. The summed E-state index contributed by atoms with van der Waals surface area (Å²) in [6.07, 6.45) is 4.72. The summed E-state index contributed by atoms with van der Waals surface area (Å²) in [5.41, 5.74) is 0.764. The van der Waals surface area contributed by atoms with Crippen LogP contribution in [-0.2, 0) is 22.6 Å². The van der Waals surface area contributed by atoms with Gasteiger partial charge in [-0.1, -0.05) is 19.1 Å². The molecule has 0 spiro atoms. The molecule has 19 heavy (non-hydrogen) atoms. The van der Waals surface area contributed by atoms with Crippen LogP contribution in [0.3, 0.4) is 0 Å². The molecule has 1 aromatic heterocycles. The highest BCUT2D eigenvalue weighted by molar-refractivity contribution is 5.45. The summed E-state index contributed by atoms with van der Waals surface area (Å²) in [5.74, 6) is 0.676. The lowest BCUT2D eigenvalue weighted by molar-refractivity contribution is -0.109. The topological polar surface area (TPSA) is 69.0 Å². The Labute approximate surface area is 114 Å². The maximum absolute atomic E-state index is 10.2. The fourth-order valence-corrected chi connectivity index (χ4v) is 1.58. The second kappa shape index (κ2) is 8.63. The predicted octanol–water partition coefficient (Wildman–Crippen LogP) is 1.37. The smallest absolute Gasteiger partial charge is 0.207 e. The largest absolute Gasteiger partial charge is 0.378 e. The number of hydrogen-bond donors (Lipinski definition) is 1. The maximum Gasteiger partial charge on any atom is 0.207 e. The van der Waals surface area contributed by atoms with Crippen molar-refractivity contribution in [3.63, 3.8) is 0 Å². The van der Waals surface area contributed by atoms with E-state index in [2.05, 4.69) is 36.4 Å². The Morgan fingerprint density at radius 3 is 2.89 bits per heavy atom. The van der Waals surface area contributed by atoms with Crippen LogP contribution in [0.1, 0.15) is 39.3 Å². The summed E-state index contributed by atoms with van der Waals surface area (Å²) in [6.45, 7) is 8.47. The maximum atomic E-state index is 10.2. The zero-order valence-corrected chi connectivity index (χ0v) is 12.0. The van der Waals surface area contributed by atoms with Gasteiger partial charge in [-0.3, -0.25) is 9.48 Å². The Balaban J connectivity index is 2.20. The fourth-order valence-electron chi connectivity index (χ4n) is 1.58. The van der Waals surface area contributed by atoms with E-state index in [1.54, 1.807) is 4.68 Å². The molecule has 1 N–H and O–H groups in total. The van der Waals surface area contributed by atoms with Crippen LogP contribution >= 0.6 is 0 Å². The minimum absolute atomic E-state index is 0.222. The van der Waals surface area contributed by atoms with Crippen LogP contribution in [-0.4, -0.2) is 34.1 Å². The van der Waals surface area contributed by atoms with Crippen molar-refractivity contribution in [3.8, 4) is 0 Å². The third-order valence-corrected chi connectivity index (χ3v) is 2.81. The molecule has 108 valence electrons. The van der Waals surface area contributed by atoms with Gasteiger partial charge in [-0.2, -0.15) is 0 Å². The lowest BCUT2D eigenvalue weighted by Gasteiger charge is -2.13. The summed E-state index contributed by atoms with van der Waals surface area (Å²) >= 11 is 0. The summed E-state index contributed by atoms with van der Waals surface area (Å²) in [7, 11) is 0. The Morgan fingerprint density at radius 2 is 2.21 bits per heavy atom. The Hall–Kier alpha value is -1.43. The van der Waals surface area contributed by atoms with Gasteiger partial charge in [0, 0.05) is 13.2 Å². The molecule has 1 amide bonds. The number of carbonyl (C=O) groups is 1. The van der Waals surface area contributed by atoms with E-state index in [1.807, 2.05) is 6.20 Å². The molecule has 1 heterocycles. The van der Waals surface area contributed by atoms with E-state index >= 15 is 0 Å². The van der Waals surface area contributed by atoms with Gasteiger partial charge < -0.3 is 10.1 Å². The summed E-state index contributed by atoms with van der Waals surface area (Å²) in [5, 5.41) is 10.5. The quantitative estimate of drug-likeness (QED) is 0.651. The van der Waals surface area contributed by atoms with Gasteiger partial charge in [0.15, 0.2) is 0 Å². The van der Waals surface area contributed by atoms with Crippen molar-refractivity contribution in [2.24, 2.45) is 5.92 Å². The first-order valence-electron chi connectivity index (χ1n) is 6.79. The average Bonchev–Trinajstić information content (AvgIpc) is 2.81. The number of amides is 1. The minimum Gasteiger partial charge on any atom is -0.378 e. The number of hydrogen-bond acceptors (Lipinski definition) is 4. The number of ether oxygens (including phenoxy) is 1. The minimum atomic E-state index is 0.222. The van der Waals surface area contributed by atoms with Crippen molar-refractivity contribution in [2.45, 2.75) is 52.8 Å². The van der Waals surface area contributed by atoms with E-state index in [9.17, 15) is 4.79 Å². The molecule has 6 heteroatoms. The molecule has 1 rings (SSSR count). The Bertz CT molecular complexity index is 365. The standard InChI is InChI=1S/C13H24N4O2/c1-11(2)5-7-19-12(3)4-6-17-9-13(15-16-17)8-14-10-18/h9-12H,4-8H2,1-3H3,(H,14,18). The van der Waals surface area contributed by atoms with Crippen LogP contribution in [0.2, 0.25) is 0 Å². The lowest BCUT2D eigenvalue weighted by Crippen LogP contribution is -2.14. The van der Waals surface area contributed by atoms with Crippen LogP contribution in [0.5, 0.6) is 0 Å². The van der Waals surface area contributed by atoms with E-state index in [0.29, 0.717) is 18.9 Å². The molecular weight excluding hydrogens is 244 g/mol. The molecule has 1 atom stereocenters. The number of rotatable bonds is 10. The summed E-state index contributed by atoms with van der Waals surface area (Å²) in [4.78, 5) is 10.2. The number of aromatic nitrogens is 3. The normalized spacial score (nSPS) is 12.6. The van der Waals surface area contributed by atoms with Crippen molar-refractivity contribution in [2.75, 3.05) is 6.61 Å². The molecule has 0 fully saturated rings. The van der Waals surface area contributed by atoms with Crippen molar-refractivity contribution in [3.05, 3.63) is 11.9 Å². The Morgan fingerprint density at radius 1 is 1.42 bits per heavy atom. The second-order valence-corrected chi connectivity index (χ2v) is 5.12. The number of carbonyl (C=O) groups excluding carboxylic acids is 1. The van der Waals surface area contributed by atoms with Crippen LogP contribution < -0.4 is 5.32 Å². The van der Waals surface area contributed by atoms with Gasteiger partial charge in [-0.15, -0.1) is 5.10 Å². The van der Waals surface area contributed by atoms with E-state index in [-0.39, 0.29) is 6.10 Å². The van der Waals surface area contributed by atoms with E-state index in [0.717, 1.165) is 31.7 Å². The van der Waals surface area contributed by atoms with Gasteiger partial charge in [0.25, 0.3) is 0 Å². The van der Waals surface area contributed by atoms with Crippen molar-refractivity contribution < 1.29 is 9.53 Å². The number of aryl methyl sites for hydroxylation is 1. The second-order valence-electron chi connectivity index (χ2n) is 5.12. The zero-order chi connectivity index (χ0) is 14.1. The third kappa shape index (κ3) is 6.91. The van der Waals surface area contributed by atoms with Crippen LogP contribution in [0.25, 0.3) is 0 Å². The van der Waals surface area contributed by atoms with Crippen LogP contribution in [0.4, 0.5) is 0 Å². The highest BCUT2D eigenvalue weighted by Crippen LogP contribution is 2.05. The fraction of sp³-hybridized carbons (Fsp3) is 0.769. The van der Waals surface area contributed by atoms with Gasteiger partial charge in [-0.05, 0) is 25.7 Å². The third-order valence-electron chi connectivity index (χ3n) is 2.81. The lowest BCUT2D eigenvalue weighted by atomic mass is 10.1. The summed E-state index contributed by atoms with van der Waals surface area (Å²) in [6, 6.07) is 0. The van der Waals surface area contributed by atoms with E-state index < -0.39 is 0 Å². The molecule has 0 saturated heterocycles.